The summed E-state index contributed by atoms with van der Waals surface area (Å²) in [5, 5.41) is 24.1. The van der Waals surface area contributed by atoms with Crippen molar-refractivity contribution in [2.24, 2.45) is 0 Å². The van der Waals surface area contributed by atoms with Crippen LogP contribution in [0.5, 0.6) is 0 Å². The molecule has 3 aromatic rings. The summed E-state index contributed by atoms with van der Waals surface area (Å²) in [5.41, 5.74) is 5.04. The van der Waals surface area contributed by atoms with Gasteiger partial charge in [-0.25, -0.2) is 0 Å². The summed E-state index contributed by atoms with van der Waals surface area (Å²) in [6.07, 6.45) is 6.52. The first kappa shape index (κ1) is 17.4. The Balaban J connectivity index is 0.000000153. The molecular weight excluding hydrogens is 342 g/mol. The summed E-state index contributed by atoms with van der Waals surface area (Å²) in [6, 6.07) is 16.4. The average molecular weight is 363 g/mol. The van der Waals surface area contributed by atoms with Crippen LogP contribution in [-0.4, -0.2) is 19.8 Å². The lowest BCUT2D eigenvalue weighted by molar-refractivity contribution is -0.385. The van der Waals surface area contributed by atoms with Crippen molar-refractivity contribution in [3.8, 4) is 0 Å². The Bertz CT molecular complexity index is 967. The topological polar surface area (TPSA) is 81.2 Å². The summed E-state index contributed by atoms with van der Waals surface area (Å²) in [7, 11) is 0. The predicted molar refractivity (Wildman–Crippen MR) is 102 cm³/mol. The monoisotopic (exact) mass is 363 g/mol. The lowest BCUT2D eigenvalue weighted by Crippen LogP contribution is -2.07. The molecule has 0 fully saturated rings. The molecular formula is C21H21N3O3. The normalized spacial score (nSPS) is 19.7. The number of hydrogen-bond acceptors (Lipinski definition) is 4. The van der Waals surface area contributed by atoms with E-state index in [0.29, 0.717) is 0 Å². The van der Waals surface area contributed by atoms with E-state index in [4.69, 9.17) is 0 Å². The van der Waals surface area contributed by atoms with Crippen LogP contribution in [-0.2, 0) is 12.8 Å². The van der Waals surface area contributed by atoms with Crippen molar-refractivity contribution in [2.75, 3.05) is 0 Å². The van der Waals surface area contributed by atoms with Crippen LogP contribution in [0.4, 0.5) is 5.69 Å². The zero-order valence-electron chi connectivity index (χ0n) is 14.9. The quantitative estimate of drug-likeness (QED) is 0.551. The molecule has 2 aliphatic carbocycles. The van der Waals surface area contributed by atoms with E-state index in [2.05, 4.69) is 23.3 Å². The van der Waals surface area contributed by atoms with E-state index in [0.717, 1.165) is 31.2 Å². The molecule has 5 rings (SSSR count). The number of aliphatic hydroxyl groups is 1. The van der Waals surface area contributed by atoms with Gasteiger partial charge in [-0.05, 0) is 47.9 Å². The van der Waals surface area contributed by atoms with E-state index in [9.17, 15) is 15.2 Å². The van der Waals surface area contributed by atoms with Crippen molar-refractivity contribution >= 4 is 5.69 Å². The highest BCUT2D eigenvalue weighted by Gasteiger charge is 2.25. The third-order valence-electron chi connectivity index (χ3n) is 5.32. The van der Waals surface area contributed by atoms with Gasteiger partial charge in [-0.2, -0.15) is 5.10 Å². The fourth-order valence-electron chi connectivity index (χ4n) is 3.94. The van der Waals surface area contributed by atoms with Crippen LogP contribution in [0.25, 0.3) is 0 Å². The van der Waals surface area contributed by atoms with Gasteiger partial charge in [-0.3, -0.25) is 14.8 Å². The fraction of sp³-hybridized carbons (Fsp3) is 0.286. The fourth-order valence-corrected chi connectivity index (χ4v) is 3.94. The summed E-state index contributed by atoms with van der Waals surface area (Å²) in [6.45, 7) is 0. The molecule has 27 heavy (non-hydrogen) atoms. The highest BCUT2D eigenvalue weighted by molar-refractivity contribution is 5.36. The SMILES string of the molecule is O=[N+]([O-])c1cnn(C2CCc3ccccc32)c1.OC1CCc2ccccc21. The first-order valence-corrected chi connectivity index (χ1v) is 9.15. The highest BCUT2D eigenvalue weighted by atomic mass is 16.6. The van der Waals surface area contributed by atoms with Crippen molar-refractivity contribution < 1.29 is 10.0 Å². The molecule has 2 atom stereocenters. The van der Waals surface area contributed by atoms with Gasteiger partial charge in [0.25, 0.3) is 0 Å². The number of aromatic nitrogens is 2. The second kappa shape index (κ2) is 7.32. The third-order valence-corrected chi connectivity index (χ3v) is 5.32. The zero-order chi connectivity index (χ0) is 18.8. The van der Waals surface area contributed by atoms with Gasteiger partial charge < -0.3 is 5.11 Å². The van der Waals surface area contributed by atoms with E-state index in [1.165, 1.54) is 29.1 Å². The Morgan fingerprint density at radius 1 is 1.00 bits per heavy atom. The predicted octanol–water partition coefficient (Wildman–Crippen LogP) is 3.99. The maximum atomic E-state index is 10.6. The average Bonchev–Trinajstić information content (AvgIpc) is 3.40. The van der Waals surface area contributed by atoms with Gasteiger partial charge in [-0.15, -0.1) is 0 Å². The summed E-state index contributed by atoms with van der Waals surface area (Å²) >= 11 is 0. The lowest BCUT2D eigenvalue weighted by atomic mass is 10.1. The molecule has 6 nitrogen and oxygen atoms in total. The highest BCUT2D eigenvalue weighted by Crippen LogP contribution is 2.34. The number of rotatable bonds is 2. The number of fused-ring (bicyclic) bond motifs is 2. The van der Waals surface area contributed by atoms with E-state index in [1.807, 2.05) is 30.3 Å². The minimum Gasteiger partial charge on any atom is -0.388 e. The van der Waals surface area contributed by atoms with E-state index in [-0.39, 0.29) is 17.8 Å². The Kier molecular flexibility index (Phi) is 4.73. The molecule has 0 spiro atoms. The Labute approximate surface area is 157 Å². The Morgan fingerprint density at radius 3 is 2.30 bits per heavy atom. The minimum absolute atomic E-state index is 0.0504. The molecule has 138 valence electrons. The molecule has 2 unspecified atom stereocenters. The third kappa shape index (κ3) is 3.48. The first-order chi connectivity index (χ1) is 13.1. The summed E-state index contributed by atoms with van der Waals surface area (Å²) in [5.74, 6) is 0. The number of hydrogen-bond donors (Lipinski definition) is 1. The summed E-state index contributed by atoms with van der Waals surface area (Å²) < 4.78 is 1.70. The van der Waals surface area contributed by atoms with Crippen molar-refractivity contribution in [3.63, 3.8) is 0 Å². The van der Waals surface area contributed by atoms with Crippen LogP contribution in [0.15, 0.2) is 60.9 Å². The number of aryl methyl sites for hydroxylation is 2. The largest absolute Gasteiger partial charge is 0.388 e. The molecule has 0 radical (unpaired) electrons. The van der Waals surface area contributed by atoms with Crippen molar-refractivity contribution in [3.05, 3.63) is 93.3 Å². The minimum atomic E-state index is -0.412. The smallest absolute Gasteiger partial charge is 0.307 e. The van der Waals surface area contributed by atoms with Gasteiger partial charge in [0.15, 0.2) is 0 Å². The van der Waals surface area contributed by atoms with Crippen LogP contribution in [0.3, 0.4) is 0 Å². The summed E-state index contributed by atoms with van der Waals surface area (Å²) in [4.78, 5) is 10.2. The molecule has 1 heterocycles. The van der Waals surface area contributed by atoms with Gasteiger partial charge in [-0.1, -0.05) is 48.5 Å². The zero-order valence-corrected chi connectivity index (χ0v) is 14.9. The van der Waals surface area contributed by atoms with Crippen LogP contribution >= 0.6 is 0 Å². The number of benzene rings is 2. The molecule has 1 N–H and O–H groups in total. The molecule has 0 amide bonds. The molecule has 6 heteroatoms. The standard InChI is InChI=1S/C12H11N3O2.C9H10O/c16-15(17)10-7-13-14(8-10)12-6-5-9-3-1-2-4-11(9)12;10-9-6-5-7-3-1-2-4-8(7)9/h1-4,7-8,12H,5-6H2;1-4,9-10H,5-6H2. The molecule has 0 saturated carbocycles. The molecule has 0 saturated heterocycles. The van der Waals surface area contributed by atoms with Crippen LogP contribution in [0, 0.1) is 10.1 Å². The number of aliphatic hydroxyl groups excluding tert-OH is 1. The first-order valence-electron chi connectivity index (χ1n) is 9.15. The van der Waals surface area contributed by atoms with E-state index >= 15 is 0 Å². The van der Waals surface area contributed by atoms with Gasteiger partial charge in [0.2, 0.25) is 0 Å². The van der Waals surface area contributed by atoms with Crippen LogP contribution in [0.1, 0.15) is 47.2 Å². The van der Waals surface area contributed by atoms with Gasteiger partial charge >= 0.3 is 5.69 Å². The van der Waals surface area contributed by atoms with Crippen molar-refractivity contribution in [1.29, 1.82) is 0 Å². The van der Waals surface area contributed by atoms with E-state index in [1.54, 1.807) is 4.68 Å². The lowest BCUT2D eigenvalue weighted by Gasteiger charge is -2.11. The molecule has 2 aliphatic rings. The van der Waals surface area contributed by atoms with Crippen molar-refractivity contribution in [1.82, 2.24) is 9.78 Å². The van der Waals surface area contributed by atoms with Crippen LogP contribution < -0.4 is 0 Å². The Hall–Kier alpha value is -2.99. The molecule has 0 bridgehead atoms. The number of nitrogens with zero attached hydrogens (tertiary/aromatic N) is 3. The van der Waals surface area contributed by atoms with Crippen molar-refractivity contribution in [2.45, 2.75) is 37.8 Å². The maximum Gasteiger partial charge on any atom is 0.307 e. The van der Waals surface area contributed by atoms with Crippen LogP contribution in [0.2, 0.25) is 0 Å². The second-order valence-corrected chi connectivity index (χ2v) is 6.94. The Morgan fingerprint density at radius 2 is 1.63 bits per heavy atom. The molecule has 0 aliphatic heterocycles. The van der Waals surface area contributed by atoms with Gasteiger partial charge in [0.05, 0.1) is 17.1 Å². The second-order valence-electron chi connectivity index (χ2n) is 6.94. The van der Waals surface area contributed by atoms with E-state index < -0.39 is 4.92 Å². The van der Waals surface area contributed by atoms with Gasteiger partial charge in [0.1, 0.15) is 12.4 Å². The van der Waals surface area contributed by atoms with Gasteiger partial charge in [0, 0.05) is 0 Å². The maximum absolute atomic E-state index is 10.6. The number of nitro groups is 1. The molecule has 1 aromatic heterocycles. The molecule has 2 aromatic carbocycles.